The van der Waals surface area contributed by atoms with Crippen LogP contribution in [0.15, 0.2) is 0 Å². The van der Waals surface area contributed by atoms with E-state index >= 15 is 0 Å². The Morgan fingerprint density at radius 2 is 1.50 bits per heavy atom. The lowest BCUT2D eigenvalue weighted by Gasteiger charge is -2.24. The smallest absolute Gasteiger partial charge is 0.189 e. The molecule has 0 aliphatic carbocycles. The topological polar surface area (TPSA) is 138 Å². The number of aliphatic hydroxyl groups excluding tert-OH is 6. The van der Waals surface area contributed by atoms with E-state index in [0.717, 1.165) is 0 Å². The fraction of sp³-hybridized carbons (Fsp3) is 0.857. The van der Waals surface area contributed by atoms with Crippen LogP contribution in [-0.4, -0.2) is 74.1 Å². The minimum absolute atomic E-state index is 0.821. The van der Waals surface area contributed by atoms with Crippen LogP contribution < -0.4 is 0 Å². The van der Waals surface area contributed by atoms with Crippen molar-refractivity contribution in [3.05, 3.63) is 0 Å². The monoisotopic (exact) mass is 210 g/mol. The summed E-state index contributed by atoms with van der Waals surface area (Å²) in [4.78, 5) is 10.7. The van der Waals surface area contributed by atoms with Crippen LogP contribution in [0.3, 0.4) is 0 Å². The molecule has 0 aliphatic rings. The molecule has 0 unspecified atom stereocenters. The van der Waals surface area contributed by atoms with E-state index in [2.05, 4.69) is 0 Å². The summed E-state index contributed by atoms with van der Waals surface area (Å²) in [6, 6.07) is 0. The fourth-order valence-electron chi connectivity index (χ4n) is 0.806. The first-order valence-corrected chi connectivity index (χ1v) is 3.92. The molecule has 0 bridgehead atoms. The third-order valence-electron chi connectivity index (χ3n) is 1.74. The van der Waals surface area contributed by atoms with Gasteiger partial charge in [0.15, 0.2) is 5.78 Å². The quantitative estimate of drug-likeness (QED) is 0.262. The van der Waals surface area contributed by atoms with Gasteiger partial charge in [0.25, 0.3) is 0 Å². The molecule has 0 rings (SSSR count). The van der Waals surface area contributed by atoms with E-state index in [9.17, 15) is 4.79 Å². The Morgan fingerprint density at radius 1 is 1.00 bits per heavy atom. The number of rotatable bonds is 6. The molecule has 0 saturated heterocycles. The van der Waals surface area contributed by atoms with Gasteiger partial charge in [-0.15, -0.1) is 0 Å². The summed E-state index contributed by atoms with van der Waals surface area (Å²) in [6.45, 7) is -1.81. The summed E-state index contributed by atoms with van der Waals surface area (Å²) in [5.41, 5.74) is 0. The maximum Gasteiger partial charge on any atom is 0.189 e. The number of carbonyl (C=O) groups is 1. The Balaban J connectivity index is 4.30. The SMILES string of the molecule is O=C(CO)[C@H](O)[C@H](O)[C@@H](O)[C@@H](O)CO. The van der Waals surface area contributed by atoms with Crippen LogP contribution in [0.1, 0.15) is 0 Å². The predicted octanol–water partition coefficient (Wildman–Crippen LogP) is -4.02. The average Bonchev–Trinajstić information content (AvgIpc) is 2.23. The highest BCUT2D eigenvalue weighted by Gasteiger charge is 2.33. The molecule has 6 N–H and O–H groups in total. The van der Waals surface area contributed by atoms with E-state index in [1.807, 2.05) is 0 Å². The van der Waals surface area contributed by atoms with Gasteiger partial charge in [0.05, 0.1) is 6.61 Å². The van der Waals surface area contributed by atoms with Crippen LogP contribution in [0, 0.1) is 0 Å². The van der Waals surface area contributed by atoms with Crippen LogP contribution in [0.4, 0.5) is 0 Å². The van der Waals surface area contributed by atoms with Gasteiger partial charge in [-0.3, -0.25) is 4.79 Å². The molecule has 4 atom stereocenters. The van der Waals surface area contributed by atoms with E-state index in [1.54, 1.807) is 0 Å². The zero-order valence-electron chi connectivity index (χ0n) is 7.32. The van der Waals surface area contributed by atoms with Gasteiger partial charge in [0.1, 0.15) is 31.0 Å². The molecule has 0 heterocycles. The van der Waals surface area contributed by atoms with Gasteiger partial charge in [-0.1, -0.05) is 0 Å². The van der Waals surface area contributed by atoms with Gasteiger partial charge >= 0.3 is 0 Å². The van der Waals surface area contributed by atoms with Gasteiger partial charge in [-0.25, -0.2) is 0 Å². The van der Waals surface area contributed by atoms with E-state index < -0.39 is 43.4 Å². The van der Waals surface area contributed by atoms with Crippen molar-refractivity contribution in [2.45, 2.75) is 24.4 Å². The van der Waals surface area contributed by atoms with Crippen LogP contribution >= 0.6 is 0 Å². The second-order valence-corrected chi connectivity index (χ2v) is 2.80. The van der Waals surface area contributed by atoms with E-state index in [1.165, 1.54) is 0 Å². The lowest BCUT2D eigenvalue weighted by Crippen LogP contribution is -2.49. The Hall–Kier alpha value is -0.570. The van der Waals surface area contributed by atoms with Gasteiger partial charge in [0.2, 0.25) is 0 Å². The van der Waals surface area contributed by atoms with Crippen molar-refractivity contribution in [2.75, 3.05) is 13.2 Å². The number of Topliss-reactive ketones (excluding diaryl/α,β-unsaturated/α-hetero) is 1. The zero-order chi connectivity index (χ0) is 11.3. The van der Waals surface area contributed by atoms with E-state index in [0.29, 0.717) is 0 Å². The normalized spacial score (nSPS) is 19.9. The zero-order valence-corrected chi connectivity index (χ0v) is 7.32. The average molecular weight is 210 g/mol. The second-order valence-electron chi connectivity index (χ2n) is 2.80. The van der Waals surface area contributed by atoms with Crippen molar-refractivity contribution >= 4 is 5.78 Å². The highest BCUT2D eigenvalue weighted by molar-refractivity contribution is 5.84. The maximum absolute atomic E-state index is 10.7. The summed E-state index contributed by atoms with van der Waals surface area (Å²) < 4.78 is 0. The second kappa shape index (κ2) is 6.02. The first-order chi connectivity index (χ1) is 6.45. The van der Waals surface area contributed by atoms with Crippen molar-refractivity contribution in [1.82, 2.24) is 0 Å². The first kappa shape index (κ1) is 13.4. The van der Waals surface area contributed by atoms with Gasteiger partial charge in [-0.05, 0) is 0 Å². The van der Waals surface area contributed by atoms with Gasteiger partial charge in [0, 0.05) is 0 Å². The number of hydrogen-bond acceptors (Lipinski definition) is 7. The highest BCUT2D eigenvalue weighted by atomic mass is 16.4. The Labute approximate surface area is 79.9 Å². The summed E-state index contributed by atoms with van der Waals surface area (Å²) in [7, 11) is 0. The standard InChI is InChI=1S/C7H14O7/c8-1-3(10)5(12)7(14)6(13)4(11)2-9/h3,5-10,12-14H,1-2H2/t3-,5-,6-,7+/m0/s1. The molecule has 0 spiro atoms. The van der Waals surface area contributed by atoms with Crippen molar-refractivity contribution < 1.29 is 35.4 Å². The van der Waals surface area contributed by atoms with Gasteiger partial charge in [-0.2, -0.15) is 0 Å². The molecule has 0 radical (unpaired) electrons. The van der Waals surface area contributed by atoms with E-state index in [4.69, 9.17) is 30.6 Å². The van der Waals surface area contributed by atoms with Crippen molar-refractivity contribution in [3.63, 3.8) is 0 Å². The molecular formula is C7H14O7. The summed E-state index contributed by atoms with van der Waals surface area (Å²) >= 11 is 0. The molecule has 0 saturated carbocycles. The minimum atomic E-state index is -1.99. The molecular weight excluding hydrogens is 196 g/mol. The maximum atomic E-state index is 10.7. The van der Waals surface area contributed by atoms with Crippen LogP contribution in [-0.2, 0) is 4.79 Å². The van der Waals surface area contributed by atoms with Crippen molar-refractivity contribution in [3.8, 4) is 0 Å². The molecule has 0 fully saturated rings. The molecule has 84 valence electrons. The lowest BCUT2D eigenvalue weighted by atomic mass is 10.0. The Morgan fingerprint density at radius 3 is 1.86 bits per heavy atom. The van der Waals surface area contributed by atoms with E-state index in [-0.39, 0.29) is 0 Å². The van der Waals surface area contributed by atoms with Crippen LogP contribution in [0.2, 0.25) is 0 Å². The number of hydrogen-bond donors (Lipinski definition) is 6. The molecule has 0 aliphatic heterocycles. The largest absolute Gasteiger partial charge is 0.394 e. The molecule has 0 amide bonds. The molecule has 0 aromatic rings. The number of aliphatic hydroxyl groups is 6. The summed E-state index contributed by atoms with van der Waals surface area (Å²) in [5, 5.41) is 52.7. The summed E-state index contributed by atoms with van der Waals surface area (Å²) in [6.07, 6.45) is -7.45. The third kappa shape index (κ3) is 3.29. The minimum Gasteiger partial charge on any atom is -0.394 e. The molecule has 0 aromatic carbocycles. The van der Waals surface area contributed by atoms with Crippen LogP contribution in [0.25, 0.3) is 0 Å². The highest BCUT2D eigenvalue weighted by Crippen LogP contribution is 2.05. The Kier molecular flexibility index (Phi) is 5.77. The predicted molar refractivity (Wildman–Crippen MR) is 43.2 cm³/mol. The molecule has 7 nitrogen and oxygen atoms in total. The first-order valence-electron chi connectivity index (χ1n) is 3.92. The van der Waals surface area contributed by atoms with Crippen LogP contribution in [0.5, 0.6) is 0 Å². The van der Waals surface area contributed by atoms with Crippen molar-refractivity contribution in [2.24, 2.45) is 0 Å². The number of ketones is 1. The lowest BCUT2D eigenvalue weighted by molar-refractivity contribution is -0.149. The molecule has 7 heteroatoms. The Bertz CT molecular complexity index is 183. The molecule has 14 heavy (non-hydrogen) atoms. The third-order valence-corrected chi connectivity index (χ3v) is 1.74. The number of carbonyl (C=O) groups excluding carboxylic acids is 1. The fourth-order valence-corrected chi connectivity index (χ4v) is 0.806. The summed E-state index contributed by atoms with van der Waals surface area (Å²) in [5.74, 6) is -1.08. The van der Waals surface area contributed by atoms with Crippen molar-refractivity contribution in [1.29, 1.82) is 0 Å². The molecule has 0 aromatic heterocycles. The van der Waals surface area contributed by atoms with Gasteiger partial charge < -0.3 is 30.6 Å².